The Bertz CT molecular complexity index is 1260. The second-order valence-electron chi connectivity index (χ2n) is 8.03. The molecule has 0 radical (unpaired) electrons. The highest BCUT2D eigenvalue weighted by molar-refractivity contribution is 7.99. The number of rotatable bonds is 7. The SMILES string of the molecule is Cc1ccc(-n2c(C)nnc2SCC(=O)N2CCN(S(=O)(=O)/C=C/c3ccccc3)CC2)cc1. The van der Waals surface area contributed by atoms with Crippen molar-refractivity contribution in [1.29, 1.82) is 0 Å². The molecular formula is C24H27N5O3S2. The van der Waals surface area contributed by atoms with E-state index in [1.54, 1.807) is 11.0 Å². The highest BCUT2D eigenvalue weighted by Crippen LogP contribution is 2.23. The summed E-state index contributed by atoms with van der Waals surface area (Å²) in [6.45, 7) is 5.18. The zero-order chi connectivity index (χ0) is 24.1. The Labute approximate surface area is 204 Å². The first-order chi connectivity index (χ1) is 16.3. The van der Waals surface area contributed by atoms with Gasteiger partial charge >= 0.3 is 0 Å². The second-order valence-corrected chi connectivity index (χ2v) is 10.8. The number of benzene rings is 2. The fourth-order valence-electron chi connectivity index (χ4n) is 3.65. The van der Waals surface area contributed by atoms with Gasteiger partial charge in [0.2, 0.25) is 15.9 Å². The molecule has 8 nitrogen and oxygen atoms in total. The van der Waals surface area contributed by atoms with E-state index in [2.05, 4.69) is 10.2 Å². The van der Waals surface area contributed by atoms with Crippen LogP contribution in [0.5, 0.6) is 0 Å². The molecular weight excluding hydrogens is 470 g/mol. The Balaban J connectivity index is 1.32. The zero-order valence-electron chi connectivity index (χ0n) is 19.2. The molecule has 0 saturated carbocycles. The summed E-state index contributed by atoms with van der Waals surface area (Å²) in [5.74, 6) is 0.921. The molecule has 3 aromatic rings. The van der Waals surface area contributed by atoms with Gasteiger partial charge in [-0.3, -0.25) is 9.36 Å². The van der Waals surface area contributed by atoms with Gasteiger partial charge in [-0.25, -0.2) is 8.42 Å². The maximum absolute atomic E-state index is 12.8. The van der Waals surface area contributed by atoms with E-state index in [1.165, 1.54) is 21.5 Å². The normalized spacial score (nSPS) is 15.2. The van der Waals surface area contributed by atoms with Crippen LogP contribution in [0, 0.1) is 13.8 Å². The quantitative estimate of drug-likeness (QED) is 0.466. The van der Waals surface area contributed by atoms with E-state index in [0.717, 1.165) is 22.6 Å². The zero-order valence-corrected chi connectivity index (χ0v) is 20.8. The molecule has 0 spiro atoms. The number of piperazine rings is 1. The fourth-order valence-corrected chi connectivity index (χ4v) is 5.73. The van der Waals surface area contributed by atoms with Gasteiger partial charge in [0.1, 0.15) is 5.82 Å². The third kappa shape index (κ3) is 5.75. The topological polar surface area (TPSA) is 88.4 Å². The summed E-state index contributed by atoms with van der Waals surface area (Å²) in [5, 5.41) is 10.3. The summed E-state index contributed by atoms with van der Waals surface area (Å²) >= 11 is 1.34. The van der Waals surface area contributed by atoms with Crippen molar-refractivity contribution in [2.45, 2.75) is 19.0 Å². The Hall–Kier alpha value is -2.95. The van der Waals surface area contributed by atoms with E-state index in [1.807, 2.05) is 73.0 Å². The summed E-state index contributed by atoms with van der Waals surface area (Å²) in [6.07, 6.45) is 1.59. The molecule has 0 N–H and O–H groups in total. The molecule has 0 bridgehead atoms. The van der Waals surface area contributed by atoms with Gasteiger partial charge in [0.05, 0.1) is 5.75 Å². The molecule has 2 heterocycles. The van der Waals surface area contributed by atoms with Crippen molar-refractivity contribution in [3.63, 3.8) is 0 Å². The molecule has 34 heavy (non-hydrogen) atoms. The number of aromatic nitrogens is 3. The van der Waals surface area contributed by atoms with Crippen LogP contribution in [0.25, 0.3) is 11.8 Å². The molecule has 1 aliphatic rings. The first kappa shape index (κ1) is 24.2. The maximum Gasteiger partial charge on any atom is 0.236 e. The first-order valence-corrected chi connectivity index (χ1v) is 13.5. The minimum Gasteiger partial charge on any atom is -0.339 e. The summed E-state index contributed by atoms with van der Waals surface area (Å²) < 4.78 is 28.7. The van der Waals surface area contributed by atoms with Crippen molar-refractivity contribution in [2.24, 2.45) is 0 Å². The standard InChI is InChI=1S/C24H27N5O3S2/c1-19-8-10-22(11-9-19)29-20(2)25-26-24(29)33-18-23(30)27-13-15-28(16-14-27)34(31,32)17-12-21-6-4-3-5-7-21/h3-12,17H,13-16,18H2,1-2H3/b17-12+. The number of carbonyl (C=O) groups is 1. The van der Waals surface area contributed by atoms with Crippen LogP contribution in [0.15, 0.2) is 65.2 Å². The number of nitrogens with zero attached hydrogens (tertiary/aromatic N) is 5. The number of carbonyl (C=O) groups excluding carboxylic acids is 1. The minimum atomic E-state index is -3.53. The van der Waals surface area contributed by atoms with Crippen LogP contribution >= 0.6 is 11.8 Å². The van der Waals surface area contributed by atoms with Gasteiger partial charge in [0, 0.05) is 37.3 Å². The third-order valence-electron chi connectivity index (χ3n) is 5.60. The van der Waals surface area contributed by atoms with Crippen LogP contribution in [-0.2, 0) is 14.8 Å². The lowest BCUT2D eigenvalue weighted by molar-refractivity contribution is -0.129. The van der Waals surface area contributed by atoms with Gasteiger partial charge in [-0.2, -0.15) is 4.31 Å². The van der Waals surface area contributed by atoms with E-state index in [4.69, 9.17) is 0 Å². The second kappa shape index (κ2) is 10.5. The Morgan fingerprint density at radius 3 is 2.32 bits per heavy atom. The first-order valence-electron chi connectivity index (χ1n) is 11.0. The molecule has 0 unspecified atom stereocenters. The average Bonchev–Trinajstić information content (AvgIpc) is 3.22. The van der Waals surface area contributed by atoms with Crippen LogP contribution in [0.3, 0.4) is 0 Å². The molecule has 1 saturated heterocycles. The highest BCUT2D eigenvalue weighted by atomic mass is 32.2. The lowest BCUT2D eigenvalue weighted by Crippen LogP contribution is -2.50. The number of amides is 1. The van der Waals surface area contributed by atoms with Crippen molar-refractivity contribution in [3.8, 4) is 5.69 Å². The Kier molecular flexibility index (Phi) is 7.50. The predicted octanol–water partition coefficient (Wildman–Crippen LogP) is 3.12. The lowest BCUT2D eigenvalue weighted by Gasteiger charge is -2.33. The van der Waals surface area contributed by atoms with Crippen molar-refractivity contribution in [3.05, 3.63) is 77.0 Å². The molecule has 1 aliphatic heterocycles. The molecule has 1 aromatic heterocycles. The van der Waals surface area contributed by atoms with E-state index in [0.29, 0.717) is 18.2 Å². The van der Waals surface area contributed by atoms with Crippen LogP contribution in [0.2, 0.25) is 0 Å². The average molecular weight is 498 g/mol. The molecule has 2 aromatic carbocycles. The van der Waals surface area contributed by atoms with E-state index < -0.39 is 10.0 Å². The van der Waals surface area contributed by atoms with Crippen molar-refractivity contribution < 1.29 is 13.2 Å². The van der Waals surface area contributed by atoms with Crippen LogP contribution in [-0.4, -0.2) is 70.2 Å². The lowest BCUT2D eigenvalue weighted by atomic mass is 10.2. The number of aryl methyl sites for hydroxylation is 2. The van der Waals surface area contributed by atoms with Crippen LogP contribution < -0.4 is 0 Å². The fraction of sp³-hybridized carbons (Fsp3) is 0.292. The van der Waals surface area contributed by atoms with E-state index >= 15 is 0 Å². The van der Waals surface area contributed by atoms with Crippen molar-refractivity contribution in [1.82, 2.24) is 24.0 Å². The molecule has 1 fully saturated rings. The maximum atomic E-state index is 12.8. The number of thioether (sulfide) groups is 1. The van der Waals surface area contributed by atoms with Gasteiger partial charge in [0.15, 0.2) is 5.16 Å². The summed E-state index contributed by atoms with van der Waals surface area (Å²) in [4.78, 5) is 14.5. The van der Waals surface area contributed by atoms with Gasteiger partial charge in [0.25, 0.3) is 0 Å². The van der Waals surface area contributed by atoms with Gasteiger partial charge in [-0.1, -0.05) is 59.8 Å². The number of hydrogen-bond acceptors (Lipinski definition) is 6. The predicted molar refractivity (Wildman–Crippen MR) is 134 cm³/mol. The molecule has 1 amide bonds. The molecule has 4 rings (SSSR count). The van der Waals surface area contributed by atoms with Crippen LogP contribution in [0.1, 0.15) is 17.0 Å². The largest absolute Gasteiger partial charge is 0.339 e. The smallest absolute Gasteiger partial charge is 0.236 e. The van der Waals surface area contributed by atoms with Crippen molar-refractivity contribution >= 4 is 33.8 Å². The van der Waals surface area contributed by atoms with E-state index in [-0.39, 0.29) is 24.7 Å². The van der Waals surface area contributed by atoms with Crippen LogP contribution in [0.4, 0.5) is 0 Å². The molecule has 0 aliphatic carbocycles. The summed E-state index contributed by atoms with van der Waals surface area (Å²) in [6, 6.07) is 17.4. The van der Waals surface area contributed by atoms with E-state index in [9.17, 15) is 13.2 Å². The minimum absolute atomic E-state index is 0.0435. The Morgan fingerprint density at radius 2 is 1.65 bits per heavy atom. The monoisotopic (exact) mass is 497 g/mol. The Morgan fingerprint density at radius 1 is 0.971 bits per heavy atom. The molecule has 0 atom stereocenters. The summed E-state index contributed by atoms with van der Waals surface area (Å²) in [5.41, 5.74) is 2.94. The van der Waals surface area contributed by atoms with Gasteiger partial charge in [-0.15, -0.1) is 10.2 Å². The third-order valence-corrected chi connectivity index (χ3v) is 8.07. The number of hydrogen-bond donors (Lipinski definition) is 0. The molecule has 10 heteroatoms. The van der Waals surface area contributed by atoms with Gasteiger partial charge in [-0.05, 0) is 37.6 Å². The van der Waals surface area contributed by atoms with Gasteiger partial charge < -0.3 is 4.90 Å². The number of sulfonamides is 1. The molecule has 178 valence electrons. The highest BCUT2D eigenvalue weighted by Gasteiger charge is 2.27. The summed E-state index contributed by atoms with van der Waals surface area (Å²) in [7, 11) is -3.53. The van der Waals surface area contributed by atoms with Crippen molar-refractivity contribution in [2.75, 3.05) is 31.9 Å².